The van der Waals surface area contributed by atoms with E-state index in [4.69, 9.17) is 34.8 Å². The summed E-state index contributed by atoms with van der Waals surface area (Å²) < 4.78 is 13.3. The number of likely N-dealkylation sites (tertiary alicyclic amines) is 2. The first-order valence-corrected chi connectivity index (χ1v) is 13.5. The van der Waals surface area contributed by atoms with Gasteiger partial charge in [-0.3, -0.25) is 14.4 Å². The van der Waals surface area contributed by atoms with Gasteiger partial charge in [-0.1, -0.05) is 40.9 Å². The van der Waals surface area contributed by atoms with Crippen molar-refractivity contribution in [2.75, 3.05) is 26.2 Å². The zero-order valence-electron chi connectivity index (χ0n) is 20.5. The minimum atomic E-state index is -0.766. The van der Waals surface area contributed by atoms with E-state index in [1.165, 1.54) is 12.1 Å². The van der Waals surface area contributed by atoms with Gasteiger partial charge in [0, 0.05) is 67.1 Å². The highest BCUT2D eigenvalue weighted by atomic mass is 35.5. The Hall–Kier alpha value is -2.35. The number of carbonyl (C=O) groups is 3. The van der Waals surface area contributed by atoms with E-state index in [-0.39, 0.29) is 46.2 Å². The molecule has 6 nitrogen and oxygen atoms in total. The Morgan fingerprint density at radius 3 is 2.24 bits per heavy atom. The molecule has 2 aromatic carbocycles. The van der Waals surface area contributed by atoms with Gasteiger partial charge in [0.15, 0.2) is 0 Å². The number of nitrogens with one attached hydrogen (secondary N) is 1. The minimum absolute atomic E-state index is 0.0291. The van der Waals surface area contributed by atoms with Gasteiger partial charge in [0.05, 0.1) is 10.0 Å². The van der Waals surface area contributed by atoms with Gasteiger partial charge >= 0.3 is 0 Å². The molecule has 10 heteroatoms. The predicted molar refractivity (Wildman–Crippen MR) is 143 cm³/mol. The molecule has 2 aliphatic rings. The molecule has 2 fully saturated rings. The summed E-state index contributed by atoms with van der Waals surface area (Å²) in [6, 6.07) is 9.61. The lowest BCUT2D eigenvalue weighted by Crippen LogP contribution is -2.53. The Kier molecular flexibility index (Phi) is 8.98. The van der Waals surface area contributed by atoms with Crippen molar-refractivity contribution in [2.45, 2.75) is 44.8 Å². The summed E-state index contributed by atoms with van der Waals surface area (Å²) >= 11 is 18.5. The second-order valence-corrected chi connectivity index (χ2v) is 10.9. The molecule has 2 atom stereocenters. The first-order chi connectivity index (χ1) is 17.7. The van der Waals surface area contributed by atoms with Crippen LogP contribution in [0.15, 0.2) is 36.4 Å². The molecule has 2 saturated heterocycles. The van der Waals surface area contributed by atoms with Crippen LogP contribution in [0.25, 0.3) is 0 Å². The van der Waals surface area contributed by atoms with Crippen molar-refractivity contribution in [1.82, 2.24) is 15.1 Å². The molecule has 1 N–H and O–H groups in total. The van der Waals surface area contributed by atoms with Crippen LogP contribution in [0.1, 0.15) is 53.6 Å². The highest BCUT2D eigenvalue weighted by Crippen LogP contribution is 2.33. The second kappa shape index (κ2) is 12.0. The quantitative estimate of drug-likeness (QED) is 0.519. The van der Waals surface area contributed by atoms with Crippen LogP contribution in [0.5, 0.6) is 0 Å². The second-order valence-electron chi connectivity index (χ2n) is 9.65. The molecule has 0 bridgehead atoms. The fraction of sp³-hybridized carbons (Fsp3) is 0.444. The fourth-order valence-corrected chi connectivity index (χ4v) is 5.65. The molecular weight excluding hydrogens is 540 g/mol. The molecule has 0 spiro atoms. The van der Waals surface area contributed by atoms with E-state index >= 15 is 0 Å². The molecule has 0 radical (unpaired) electrons. The summed E-state index contributed by atoms with van der Waals surface area (Å²) in [5, 5.41) is 4.18. The zero-order chi connectivity index (χ0) is 26.7. The summed E-state index contributed by atoms with van der Waals surface area (Å²) in [6.45, 7) is 2.84. The van der Waals surface area contributed by atoms with Crippen LogP contribution in [0.4, 0.5) is 4.39 Å². The number of alkyl halides is 1. The monoisotopic (exact) mass is 567 g/mol. The third-order valence-electron chi connectivity index (χ3n) is 7.35. The van der Waals surface area contributed by atoms with Crippen molar-refractivity contribution in [3.8, 4) is 0 Å². The third-order valence-corrected chi connectivity index (χ3v) is 8.46. The number of amides is 3. The highest BCUT2D eigenvalue weighted by molar-refractivity contribution is 6.42. The van der Waals surface area contributed by atoms with Gasteiger partial charge in [0.2, 0.25) is 11.8 Å². The Labute approximate surface area is 231 Å². The fourth-order valence-electron chi connectivity index (χ4n) is 5.18. The normalized spacial score (nSPS) is 20.6. The largest absolute Gasteiger partial charge is 0.349 e. The molecule has 0 aromatic heterocycles. The number of hydrogen-bond acceptors (Lipinski definition) is 3. The van der Waals surface area contributed by atoms with E-state index in [2.05, 4.69) is 5.32 Å². The first-order valence-electron chi connectivity index (χ1n) is 12.3. The summed E-state index contributed by atoms with van der Waals surface area (Å²) in [5.41, 5.74) is 1.44. The standard InChI is InChI=1S/C27H29Cl3FN3O3/c1-16(35)33-9-6-17(7-10-33)27(37)34-11-8-25(21(15-34)18-2-5-23(29)24(30)13-18)32-26(36)19-3-4-22(28)20(12-19)14-31/h2-5,12-13,17,21,25H,6-11,14-15H2,1H3,(H,32,36). The number of hydrogen-bond donors (Lipinski definition) is 1. The van der Waals surface area contributed by atoms with Crippen molar-refractivity contribution >= 4 is 52.5 Å². The first kappa shape index (κ1) is 27.7. The molecule has 2 aromatic rings. The average molecular weight is 569 g/mol. The van der Waals surface area contributed by atoms with E-state index in [1.807, 2.05) is 11.0 Å². The summed E-state index contributed by atoms with van der Waals surface area (Å²) in [5.74, 6) is -0.589. The van der Waals surface area contributed by atoms with Gasteiger partial charge < -0.3 is 15.1 Å². The van der Waals surface area contributed by atoms with Crippen molar-refractivity contribution in [3.63, 3.8) is 0 Å². The number of rotatable bonds is 5. The van der Waals surface area contributed by atoms with Crippen molar-refractivity contribution < 1.29 is 18.8 Å². The Balaban J connectivity index is 1.52. The lowest BCUT2D eigenvalue weighted by molar-refractivity contribution is -0.141. The molecule has 0 saturated carbocycles. The van der Waals surface area contributed by atoms with Crippen molar-refractivity contribution in [1.29, 1.82) is 0 Å². The lowest BCUT2D eigenvalue weighted by atomic mass is 9.84. The molecule has 0 aliphatic carbocycles. The van der Waals surface area contributed by atoms with Gasteiger partial charge in [0.25, 0.3) is 5.91 Å². The van der Waals surface area contributed by atoms with Crippen LogP contribution in [0.2, 0.25) is 15.1 Å². The van der Waals surface area contributed by atoms with Gasteiger partial charge in [-0.25, -0.2) is 4.39 Å². The third kappa shape index (κ3) is 6.39. The van der Waals surface area contributed by atoms with Crippen LogP contribution < -0.4 is 5.32 Å². The Morgan fingerprint density at radius 1 is 0.919 bits per heavy atom. The van der Waals surface area contributed by atoms with Crippen LogP contribution in [0, 0.1) is 5.92 Å². The number of piperidine rings is 2. The van der Waals surface area contributed by atoms with E-state index in [9.17, 15) is 18.8 Å². The Morgan fingerprint density at radius 2 is 1.59 bits per heavy atom. The molecule has 2 unspecified atom stereocenters. The number of carbonyl (C=O) groups excluding carboxylic acids is 3. The molecule has 4 rings (SSSR count). The van der Waals surface area contributed by atoms with Crippen LogP contribution >= 0.6 is 34.8 Å². The van der Waals surface area contributed by atoms with Crippen LogP contribution in [0.3, 0.4) is 0 Å². The SMILES string of the molecule is CC(=O)N1CCC(C(=O)N2CCC(NC(=O)c3ccc(Cl)c(CF)c3)C(c3ccc(Cl)c(Cl)c3)C2)CC1. The minimum Gasteiger partial charge on any atom is -0.349 e. The van der Waals surface area contributed by atoms with Crippen LogP contribution in [-0.4, -0.2) is 59.7 Å². The molecule has 2 aliphatic heterocycles. The number of halogens is 4. The predicted octanol–water partition coefficient (Wildman–Crippen LogP) is 5.49. The number of nitrogens with zero attached hydrogens (tertiary/aromatic N) is 2. The summed E-state index contributed by atoms with van der Waals surface area (Å²) in [6.07, 6.45) is 1.82. The highest BCUT2D eigenvalue weighted by Gasteiger charge is 2.37. The maximum absolute atomic E-state index is 13.4. The molecule has 2 heterocycles. The van der Waals surface area contributed by atoms with E-state index < -0.39 is 6.67 Å². The van der Waals surface area contributed by atoms with Crippen molar-refractivity contribution in [3.05, 3.63) is 68.2 Å². The Bertz CT molecular complexity index is 1190. The zero-order valence-corrected chi connectivity index (χ0v) is 22.8. The summed E-state index contributed by atoms with van der Waals surface area (Å²) in [7, 11) is 0. The van der Waals surface area contributed by atoms with E-state index in [1.54, 1.807) is 30.0 Å². The van der Waals surface area contributed by atoms with Gasteiger partial charge in [-0.15, -0.1) is 0 Å². The topological polar surface area (TPSA) is 69.7 Å². The molecule has 3 amide bonds. The smallest absolute Gasteiger partial charge is 0.251 e. The van der Waals surface area contributed by atoms with Gasteiger partial charge in [-0.05, 0) is 55.2 Å². The maximum Gasteiger partial charge on any atom is 0.251 e. The average Bonchev–Trinajstić information content (AvgIpc) is 2.90. The van der Waals surface area contributed by atoms with Gasteiger partial charge in [0.1, 0.15) is 6.67 Å². The number of benzene rings is 2. The summed E-state index contributed by atoms with van der Waals surface area (Å²) in [4.78, 5) is 41.8. The molecular formula is C27H29Cl3FN3O3. The van der Waals surface area contributed by atoms with E-state index in [0.29, 0.717) is 61.1 Å². The van der Waals surface area contributed by atoms with Crippen molar-refractivity contribution in [2.24, 2.45) is 5.92 Å². The van der Waals surface area contributed by atoms with Crippen LogP contribution in [-0.2, 0) is 16.3 Å². The molecule has 37 heavy (non-hydrogen) atoms. The lowest BCUT2D eigenvalue weighted by Gasteiger charge is -2.41. The molecule has 198 valence electrons. The van der Waals surface area contributed by atoms with E-state index in [0.717, 1.165) is 5.56 Å². The maximum atomic E-state index is 13.4. The van der Waals surface area contributed by atoms with Gasteiger partial charge in [-0.2, -0.15) is 0 Å².